The van der Waals surface area contributed by atoms with E-state index in [-0.39, 0.29) is 6.04 Å². The highest BCUT2D eigenvalue weighted by molar-refractivity contribution is 5.01. The highest BCUT2D eigenvalue weighted by atomic mass is 15.3. The van der Waals surface area contributed by atoms with Gasteiger partial charge in [0.25, 0.3) is 0 Å². The molecule has 1 atom stereocenters. The molecule has 1 N–H and O–H groups in total. The van der Waals surface area contributed by atoms with Gasteiger partial charge in [-0.15, -0.1) is 0 Å². The van der Waals surface area contributed by atoms with Crippen molar-refractivity contribution in [3.05, 3.63) is 36.4 Å². The molecular weight excluding hydrogens is 252 g/mol. The fourth-order valence-electron chi connectivity index (χ4n) is 2.10. The lowest BCUT2D eigenvalue weighted by Crippen LogP contribution is -2.27. The second kappa shape index (κ2) is 7.09. The van der Waals surface area contributed by atoms with Crippen molar-refractivity contribution in [1.29, 1.82) is 0 Å². The number of hydrogen-bond acceptors (Lipinski definition) is 5. The molecule has 0 radical (unpaired) electrons. The van der Waals surface area contributed by atoms with E-state index >= 15 is 0 Å². The van der Waals surface area contributed by atoms with Gasteiger partial charge in [-0.05, 0) is 32.9 Å². The molecule has 0 amide bonds. The predicted molar refractivity (Wildman–Crippen MR) is 77.2 cm³/mol. The van der Waals surface area contributed by atoms with Crippen molar-refractivity contribution in [2.45, 2.75) is 45.7 Å². The summed E-state index contributed by atoms with van der Waals surface area (Å²) in [5.74, 6) is 1.76. The second-order valence-electron chi connectivity index (χ2n) is 5.03. The average Bonchev–Trinajstić information content (AvgIpc) is 2.92. The van der Waals surface area contributed by atoms with Gasteiger partial charge in [-0.3, -0.25) is 0 Å². The summed E-state index contributed by atoms with van der Waals surface area (Å²) < 4.78 is 1.95. The van der Waals surface area contributed by atoms with Crippen LogP contribution in [0.2, 0.25) is 0 Å². The van der Waals surface area contributed by atoms with Gasteiger partial charge in [-0.1, -0.05) is 6.92 Å². The zero-order chi connectivity index (χ0) is 14.4. The van der Waals surface area contributed by atoms with Gasteiger partial charge < -0.3 is 5.32 Å². The first-order valence-corrected chi connectivity index (χ1v) is 7.11. The van der Waals surface area contributed by atoms with Crippen LogP contribution in [0.25, 0.3) is 0 Å². The monoisotopic (exact) mass is 274 g/mol. The Hall–Kier alpha value is -1.82. The summed E-state index contributed by atoms with van der Waals surface area (Å²) >= 11 is 0. The summed E-state index contributed by atoms with van der Waals surface area (Å²) in [5, 5.41) is 7.76. The van der Waals surface area contributed by atoms with E-state index in [0.29, 0.717) is 6.04 Å². The largest absolute Gasteiger partial charge is 0.307 e. The molecule has 6 heteroatoms. The Bertz CT molecular complexity index is 507. The van der Waals surface area contributed by atoms with Crippen LogP contribution in [0.3, 0.4) is 0 Å². The lowest BCUT2D eigenvalue weighted by atomic mass is 10.1. The van der Waals surface area contributed by atoms with E-state index in [1.807, 2.05) is 10.7 Å². The minimum Gasteiger partial charge on any atom is -0.307 e. The van der Waals surface area contributed by atoms with Crippen molar-refractivity contribution in [3.8, 4) is 0 Å². The number of hydrogen-bond donors (Lipinski definition) is 1. The van der Waals surface area contributed by atoms with Gasteiger partial charge in [0.1, 0.15) is 18.0 Å². The molecule has 0 aliphatic carbocycles. The summed E-state index contributed by atoms with van der Waals surface area (Å²) in [6.45, 7) is 7.28. The Labute approximate surface area is 119 Å². The maximum Gasteiger partial charge on any atom is 0.145 e. The SMILES string of the molecule is CCCNC(Cc1ncnn1C(C)C)c1ncccn1. The van der Waals surface area contributed by atoms with Crippen LogP contribution in [0.15, 0.2) is 24.8 Å². The van der Waals surface area contributed by atoms with Crippen molar-refractivity contribution < 1.29 is 0 Å². The van der Waals surface area contributed by atoms with E-state index in [4.69, 9.17) is 0 Å². The summed E-state index contributed by atoms with van der Waals surface area (Å²) in [6.07, 6.45) is 6.97. The Morgan fingerprint density at radius 3 is 2.60 bits per heavy atom. The van der Waals surface area contributed by atoms with E-state index in [2.05, 4.69) is 46.1 Å². The molecule has 2 aromatic heterocycles. The molecule has 6 nitrogen and oxygen atoms in total. The Morgan fingerprint density at radius 1 is 1.20 bits per heavy atom. The lowest BCUT2D eigenvalue weighted by molar-refractivity contribution is 0.452. The first-order valence-electron chi connectivity index (χ1n) is 7.11. The number of rotatable bonds is 7. The van der Waals surface area contributed by atoms with Gasteiger partial charge in [0.2, 0.25) is 0 Å². The molecule has 0 saturated carbocycles. The standard InChI is InChI=1S/C14H22N6/c1-4-6-15-12(14-16-7-5-8-17-14)9-13-18-10-19-20(13)11(2)3/h5,7-8,10-12,15H,4,6,9H2,1-3H3. The molecule has 0 saturated heterocycles. The second-order valence-corrected chi connectivity index (χ2v) is 5.03. The van der Waals surface area contributed by atoms with Crippen molar-refractivity contribution >= 4 is 0 Å². The van der Waals surface area contributed by atoms with E-state index in [1.165, 1.54) is 0 Å². The molecule has 0 spiro atoms. The molecule has 0 aliphatic rings. The molecule has 108 valence electrons. The molecular formula is C14H22N6. The zero-order valence-electron chi connectivity index (χ0n) is 12.3. The molecule has 2 heterocycles. The normalized spacial score (nSPS) is 12.8. The van der Waals surface area contributed by atoms with E-state index < -0.39 is 0 Å². The van der Waals surface area contributed by atoms with Crippen molar-refractivity contribution in [3.63, 3.8) is 0 Å². The van der Waals surface area contributed by atoms with Crippen LogP contribution in [0, 0.1) is 0 Å². The third-order valence-electron chi connectivity index (χ3n) is 3.06. The topological polar surface area (TPSA) is 68.5 Å². The highest BCUT2D eigenvalue weighted by Crippen LogP contribution is 2.15. The lowest BCUT2D eigenvalue weighted by Gasteiger charge is -2.18. The van der Waals surface area contributed by atoms with Gasteiger partial charge in [0.05, 0.1) is 6.04 Å². The Kier molecular flexibility index (Phi) is 5.17. The van der Waals surface area contributed by atoms with Gasteiger partial charge in [-0.25, -0.2) is 19.6 Å². The number of aromatic nitrogens is 5. The third kappa shape index (κ3) is 3.60. The molecule has 1 unspecified atom stereocenters. The molecule has 20 heavy (non-hydrogen) atoms. The molecule has 0 fully saturated rings. The van der Waals surface area contributed by atoms with Gasteiger partial charge in [0.15, 0.2) is 0 Å². The minimum absolute atomic E-state index is 0.0675. The van der Waals surface area contributed by atoms with Crippen LogP contribution >= 0.6 is 0 Å². The van der Waals surface area contributed by atoms with Crippen LogP contribution in [0.4, 0.5) is 0 Å². The quantitative estimate of drug-likeness (QED) is 0.835. The fourth-order valence-corrected chi connectivity index (χ4v) is 2.10. The number of nitrogens with one attached hydrogen (secondary N) is 1. The van der Waals surface area contributed by atoms with E-state index in [1.54, 1.807) is 18.7 Å². The summed E-state index contributed by atoms with van der Waals surface area (Å²) in [5.41, 5.74) is 0. The molecule has 0 aliphatic heterocycles. The highest BCUT2D eigenvalue weighted by Gasteiger charge is 2.18. The maximum atomic E-state index is 4.37. The molecule has 2 aromatic rings. The van der Waals surface area contributed by atoms with Crippen LogP contribution < -0.4 is 5.32 Å². The summed E-state index contributed by atoms with van der Waals surface area (Å²) in [6, 6.07) is 2.20. The van der Waals surface area contributed by atoms with Crippen LogP contribution in [-0.2, 0) is 6.42 Å². The fraction of sp³-hybridized carbons (Fsp3) is 0.571. The third-order valence-corrected chi connectivity index (χ3v) is 3.06. The van der Waals surface area contributed by atoms with Crippen LogP contribution in [0.1, 0.15) is 50.9 Å². The summed E-state index contributed by atoms with van der Waals surface area (Å²) in [4.78, 5) is 13.1. The van der Waals surface area contributed by atoms with Crippen molar-refractivity contribution in [2.75, 3.05) is 6.54 Å². The van der Waals surface area contributed by atoms with Crippen molar-refractivity contribution in [1.82, 2.24) is 30.0 Å². The maximum absolute atomic E-state index is 4.37. The Balaban J connectivity index is 2.17. The Morgan fingerprint density at radius 2 is 1.95 bits per heavy atom. The van der Waals surface area contributed by atoms with Crippen LogP contribution in [-0.4, -0.2) is 31.3 Å². The van der Waals surface area contributed by atoms with E-state index in [9.17, 15) is 0 Å². The van der Waals surface area contributed by atoms with Gasteiger partial charge in [-0.2, -0.15) is 5.10 Å². The number of nitrogens with zero attached hydrogens (tertiary/aromatic N) is 5. The summed E-state index contributed by atoms with van der Waals surface area (Å²) in [7, 11) is 0. The predicted octanol–water partition coefficient (Wildman–Crippen LogP) is 1.93. The molecule has 0 aromatic carbocycles. The molecule has 2 rings (SSSR count). The van der Waals surface area contributed by atoms with Gasteiger partial charge in [0, 0.05) is 24.9 Å². The smallest absolute Gasteiger partial charge is 0.145 e. The minimum atomic E-state index is 0.0675. The first kappa shape index (κ1) is 14.6. The van der Waals surface area contributed by atoms with Gasteiger partial charge >= 0.3 is 0 Å². The first-order chi connectivity index (χ1) is 9.72. The molecule has 0 bridgehead atoms. The zero-order valence-corrected chi connectivity index (χ0v) is 12.3. The van der Waals surface area contributed by atoms with Crippen LogP contribution in [0.5, 0.6) is 0 Å². The van der Waals surface area contributed by atoms with Crippen molar-refractivity contribution in [2.24, 2.45) is 0 Å². The van der Waals surface area contributed by atoms with E-state index in [0.717, 1.165) is 31.0 Å². The average molecular weight is 274 g/mol.